The minimum absolute atomic E-state index is 0.0495. The van der Waals surface area contributed by atoms with Gasteiger partial charge in [-0.3, -0.25) is 0 Å². The fourth-order valence-corrected chi connectivity index (χ4v) is 2.20. The first-order valence-corrected chi connectivity index (χ1v) is 6.55. The Labute approximate surface area is 99.4 Å². The van der Waals surface area contributed by atoms with Crippen LogP contribution in [-0.4, -0.2) is 30.0 Å². The van der Waals surface area contributed by atoms with Gasteiger partial charge in [0.1, 0.15) is 0 Å². The van der Waals surface area contributed by atoms with Crippen molar-refractivity contribution in [1.82, 2.24) is 0 Å². The Kier molecular flexibility index (Phi) is 5.73. The van der Waals surface area contributed by atoms with Crippen molar-refractivity contribution >= 4 is 0 Å². The van der Waals surface area contributed by atoms with Crippen molar-refractivity contribution < 1.29 is 9.84 Å². The molecular weight excluding hydrogens is 202 g/mol. The van der Waals surface area contributed by atoms with Crippen LogP contribution in [-0.2, 0) is 4.74 Å². The van der Waals surface area contributed by atoms with Gasteiger partial charge in [0.05, 0.1) is 12.7 Å². The van der Waals surface area contributed by atoms with E-state index in [4.69, 9.17) is 15.6 Å². The van der Waals surface area contributed by atoms with Gasteiger partial charge in [0.2, 0.25) is 0 Å². The zero-order chi connectivity index (χ0) is 12.0. The van der Waals surface area contributed by atoms with Crippen molar-refractivity contribution in [3.8, 4) is 0 Å². The third-order valence-corrected chi connectivity index (χ3v) is 3.57. The molecule has 1 aliphatic rings. The van der Waals surface area contributed by atoms with Crippen LogP contribution < -0.4 is 5.73 Å². The maximum absolute atomic E-state index is 9.01. The average molecular weight is 229 g/mol. The van der Waals surface area contributed by atoms with E-state index in [2.05, 4.69) is 6.92 Å². The molecule has 0 aromatic rings. The monoisotopic (exact) mass is 229 g/mol. The summed E-state index contributed by atoms with van der Waals surface area (Å²) in [7, 11) is 0. The van der Waals surface area contributed by atoms with E-state index in [1.165, 1.54) is 25.7 Å². The molecule has 1 rings (SSSR count). The maximum Gasteiger partial charge on any atom is 0.0608 e. The standard InChI is InChI=1S/C13H27NO2/c1-11-4-6-12(7-5-11)16-9-3-8-13(2,14)10-15/h11-12,15H,3-10,14H2,1-2H3. The highest BCUT2D eigenvalue weighted by Gasteiger charge is 2.19. The van der Waals surface area contributed by atoms with Gasteiger partial charge in [-0.2, -0.15) is 0 Å². The third-order valence-electron chi connectivity index (χ3n) is 3.57. The zero-order valence-corrected chi connectivity index (χ0v) is 10.7. The fraction of sp³-hybridized carbons (Fsp3) is 1.00. The van der Waals surface area contributed by atoms with Crippen LogP contribution >= 0.6 is 0 Å². The number of ether oxygens (including phenoxy) is 1. The SMILES string of the molecule is CC1CCC(OCCCC(C)(N)CO)CC1. The lowest BCUT2D eigenvalue weighted by Crippen LogP contribution is -2.40. The predicted octanol–water partition coefficient (Wildman–Crippen LogP) is 2.07. The third kappa shape index (κ3) is 5.28. The van der Waals surface area contributed by atoms with Gasteiger partial charge in [0, 0.05) is 12.1 Å². The van der Waals surface area contributed by atoms with E-state index in [1.807, 2.05) is 6.92 Å². The summed E-state index contributed by atoms with van der Waals surface area (Å²) in [6.45, 7) is 5.03. The van der Waals surface area contributed by atoms with Crippen LogP contribution in [0.4, 0.5) is 0 Å². The second-order valence-electron chi connectivity index (χ2n) is 5.67. The molecule has 0 aromatic carbocycles. The van der Waals surface area contributed by atoms with E-state index in [9.17, 15) is 0 Å². The van der Waals surface area contributed by atoms with E-state index in [0.29, 0.717) is 6.10 Å². The largest absolute Gasteiger partial charge is 0.394 e. The molecule has 3 N–H and O–H groups in total. The summed E-state index contributed by atoms with van der Waals surface area (Å²) in [6.07, 6.45) is 7.26. The number of hydrogen-bond donors (Lipinski definition) is 2. The summed E-state index contributed by atoms with van der Waals surface area (Å²) in [4.78, 5) is 0. The second kappa shape index (κ2) is 6.58. The number of hydrogen-bond acceptors (Lipinski definition) is 3. The molecule has 0 amide bonds. The van der Waals surface area contributed by atoms with Crippen molar-refractivity contribution in [2.45, 2.75) is 64.0 Å². The Morgan fingerprint density at radius 3 is 2.50 bits per heavy atom. The molecule has 1 unspecified atom stereocenters. The second-order valence-corrected chi connectivity index (χ2v) is 5.67. The van der Waals surface area contributed by atoms with Gasteiger partial charge < -0.3 is 15.6 Å². The topological polar surface area (TPSA) is 55.5 Å². The van der Waals surface area contributed by atoms with Gasteiger partial charge in [-0.1, -0.05) is 6.92 Å². The Balaban J connectivity index is 2.03. The summed E-state index contributed by atoms with van der Waals surface area (Å²) in [5.74, 6) is 0.876. The molecule has 0 bridgehead atoms. The molecule has 3 heteroatoms. The maximum atomic E-state index is 9.01. The molecule has 0 saturated heterocycles. The molecule has 0 heterocycles. The summed E-state index contributed by atoms with van der Waals surface area (Å²) >= 11 is 0. The smallest absolute Gasteiger partial charge is 0.0608 e. The molecule has 0 radical (unpaired) electrons. The summed E-state index contributed by atoms with van der Waals surface area (Å²) < 4.78 is 5.83. The van der Waals surface area contributed by atoms with Crippen LogP contribution in [0.1, 0.15) is 52.4 Å². The van der Waals surface area contributed by atoms with E-state index >= 15 is 0 Å². The molecule has 1 fully saturated rings. The summed E-state index contributed by atoms with van der Waals surface area (Å²) in [5.41, 5.74) is 5.41. The predicted molar refractivity (Wildman–Crippen MR) is 66.3 cm³/mol. The van der Waals surface area contributed by atoms with Crippen LogP contribution in [0.25, 0.3) is 0 Å². The first-order chi connectivity index (χ1) is 7.53. The molecule has 0 aromatic heterocycles. The normalized spacial score (nSPS) is 30.0. The number of nitrogens with two attached hydrogens (primary N) is 1. The van der Waals surface area contributed by atoms with Crippen LogP contribution in [0.5, 0.6) is 0 Å². The highest BCUT2D eigenvalue weighted by Crippen LogP contribution is 2.25. The lowest BCUT2D eigenvalue weighted by atomic mass is 9.89. The number of aliphatic hydroxyl groups excluding tert-OH is 1. The van der Waals surface area contributed by atoms with Crippen molar-refractivity contribution in [3.05, 3.63) is 0 Å². The fourth-order valence-electron chi connectivity index (χ4n) is 2.20. The van der Waals surface area contributed by atoms with Gasteiger partial charge in [-0.15, -0.1) is 0 Å². The van der Waals surface area contributed by atoms with Crippen molar-refractivity contribution in [2.24, 2.45) is 11.7 Å². The molecule has 1 aliphatic carbocycles. The lowest BCUT2D eigenvalue weighted by molar-refractivity contribution is 0.0152. The molecule has 16 heavy (non-hydrogen) atoms. The van der Waals surface area contributed by atoms with E-state index in [-0.39, 0.29) is 6.61 Å². The molecule has 0 spiro atoms. The Morgan fingerprint density at radius 2 is 1.94 bits per heavy atom. The van der Waals surface area contributed by atoms with Gasteiger partial charge in [-0.05, 0) is 51.4 Å². The highest BCUT2D eigenvalue weighted by atomic mass is 16.5. The van der Waals surface area contributed by atoms with Gasteiger partial charge in [0.15, 0.2) is 0 Å². The molecule has 96 valence electrons. The van der Waals surface area contributed by atoms with E-state index in [0.717, 1.165) is 25.4 Å². The van der Waals surface area contributed by atoms with Gasteiger partial charge >= 0.3 is 0 Å². The Hall–Kier alpha value is -0.120. The van der Waals surface area contributed by atoms with E-state index < -0.39 is 5.54 Å². The van der Waals surface area contributed by atoms with Crippen LogP contribution in [0.2, 0.25) is 0 Å². The van der Waals surface area contributed by atoms with Crippen molar-refractivity contribution in [2.75, 3.05) is 13.2 Å². The van der Waals surface area contributed by atoms with Crippen LogP contribution in [0.3, 0.4) is 0 Å². The van der Waals surface area contributed by atoms with Crippen molar-refractivity contribution in [1.29, 1.82) is 0 Å². The van der Waals surface area contributed by atoms with Gasteiger partial charge in [0.25, 0.3) is 0 Å². The van der Waals surface area contributed by atoms with Crippen LogP contribution in [0.15, 0.2) is 0 Å². The number of rotatable bonds is 6. The zero-order valence-electron chi connectivity index (χ0n) is 10.7. The molecule has 0 aliphatic heterocycles. The van der Waals surface area contributed by atoms with Crippen molar-refractivity contribution in [3.63, 3.8) is 0 Å². The van der Waals surface area contributed by atoms with E-state index in [1.54, 1.807) is 0 Å². The molecular formula is C13H27NO2. The first kappa shape index (κ1) is 13.9. The Morgan fingerprint density at radius 1 is 1.31 bits per heavy atom. The molecule has 1 atom stereocenters. The van der Waals surface area contributed by atoms with Crippen LogP contribution in [0, 0.1) is 5.92 Å². The van der Waals surface area contributed by atoms with Gasteiger partial charge in [-0.25, -0.2) is 0 Å². The molecule has 3 nitrogen and oxygen atoms in total. The minimum atomic E-state index is -0.440. The Bertz CT molecular complexity index is 186. The first-order valence-electron chi connectivity index (χ1n) is 6.55. The molecule has 1 saturated carbocycles. The number of aliphatic hydroxyl groups is 1. The summed E-state index contributed by atoms with van der Waals surface area (Å²) in [6, 6.07) is 0. The lowest BCUT2D eigenvalue weighted by Gasteiger charge is -2.27. The minimum Gasteiger partial charge on any atom is -0.394 e. The quantitative estimate of drug-likeness (QED) is 0.686. The average Bonchev–Trinajstić information content (AvgIpc) is 2.27. The highest BCUT2D eigenvalue weighted by molar-refractivity contribution is 4.77. The summed E-state index contributed by atoms with van der Waals surface area (Å²) in [5, 5.41) is 9.01.